The zero-order valence-corrected chi connectivity index (χ0v) is 16.3. The number of aliphatic hydroxyl groups is 2. The van der Waals surface area contributed by atoms with Gasteiger partial charge >= 0.3 is 0 Å². The molecule has 1 amide bonds. The molecule has 0 bridgehead atoms. The Kier molecular flexibility index (Phi) is 7.70. The molecule has 0 unspecified atom stereocenters. The average molecular weight is 396 g/mol. The number of allylic oxidation sites excluding steroid dienone is 1. The van der Waals surface area contributed by atoms with E-state index in [2.05, 4.69) is 16.8 Å². The number of unbranched alkanes of at least 4 members (excludes halogenated alkanes) is 1. The Labute approximate surface area is 164 Å². The molecule has 1 aliphatic carbocycles. The lowest BCUT2D eigenvalue weighted by Crippen LogP contribution is -2.46. The van der Waals surface area contributed by atoms with Gasteiger partial charge in [0.1, 0.15) is 0 Å². The highest BCUT2D eigenvalue weighted by Gasteiger charge is 2.31. The molecule has 2 aliphatic rings. The van der Waals surface area contributed by atoms with E-state index in [1.54, 1.807) is 11.3 Å². The molecule has 7 heteroatoms. The second-order valence-electron chi connectivity index (χ2n) is 7.21. The second-order valence-corrected chi connectivity index (χ2v) is 7.99. The highest BCUT2D eigenvalue weighted by Crippen LogP contribution is 2.33. The minimum Gasteiger partial charge on any atom is -0.459 e. The minimum atomic E-state index is -0.495. The Hall–Kier alpha value is -1.41. The highest BCUT2D eigenvalue weighted by molar-refractivity contribution is 7.08. The van der Waals surface area contributed by atoms with Gasteiger partial charge in [-0.05, 0) is 54.1 Å². The maximum absolute atomic E-state index is 12.7. The van der Waals surface area contributed by atoms with Crippen LogP contribution in [-0.2, 0) is 14.3 Å². The van der Waals surface area contributed by atoms with Gasteiger partial charge in [0.25, 0.3) is 5.91 Å². The van der Waals surface area contributed by atoms with Crippen LogP contribution in [0, 0.1) is 0 Å². The maximum Gasteiger partial charge on any atom is 0.286 e. The fourth-order valence-corrected chi connectivity index (χ4v) is 4.31. The van der Waals surface area contributed by atoms with Crippen LogP contribution in [0.3, 0.4) is 0 Å². The molecule has 1 saturated carbocycles. The molecule has 27 heavy (non-hydrogen) atoms. The van der Waals surface area contributed by atoms with E-state index < -0.39 is 12.4 Å². The topological polar surface area (TPSA) is 88.0 Å². The summed E-state index contributed by atoms with van der Waals surface area (Å²) in [6.07, 6.45) is 6.48. The first-order chi connectivity index (χ1) is 13.2. The quantitative estimate of drug-likeness (QED) is 0.589. The summed E-state index contributed by atoms with van der Waals surface area (Å²) in [7, 11) is 0. The third-order valence-corrected chi connectivity index (χ3v) is 5.86. The lowest BCUT2D eigenvalue weighted by Gasteiger charge is -2.32. The first-order valence-electron chi connectivity index (χ1n) is 9.79. The van der Waals surface area contributed by atoms with E-state index in [9.17, 15) is 9.90 Å². The van der Waals surface area contributed by atoms with E-state index in [1.807, 2.05) is 11.5 Å². The van der Waals surface area contributed by atoms with Gasteiger partial charge in [0.15, 0.2) is 5.76 Å². The summed E-state index contributed by atoms with van der Waals surface area (Å²) in [5, 5.41) is 26.0. The Bertz CT molecular complexity index is 618. The van der Waals surface area contributed by atoms with Gasteiger partial charge in [-0.25, -0.2) is 0 Å². The van der Waals surface area contributed by atoms with Crippen LogP contribution in [0.15, 0.2) is 28.7 Å². The van der Waals surface area contributed by atoms with Gasteiger partial charge in [0.05, 0.1) is 18.8 Å². The predicted octanol–water partition coefficient (Wildman–Crippen LogP) is 2.67. The summed E-state index contributed by atoms with van der Waals surface area (Å²) in [4.78, 5) is 12.7. The van der Waals surface area contributed by atoms with Crippen molar-refractivity contribution in [1.82, 2.24) is 5.32 Å². The predicted molar refractivity (Wildman–Crippen MR) is 103 cm³/mol. The first kappa shape index (κ1) is 20.3. The van der Waals surface area contributed by atoms with Crippen molar-refractivity contribution in [1.29, 1.82) is 0 Å². The van der Waals surface area contributed by atoms with Crippen molar-refractivity contribution in [2.75, 3.05) is 13.2 Å². The van der Waals surface area contributed by atoms with Crippen LogP contribution < -0.4 is 5.32 Å². The summed E-state index contributed by atoms with van der Waals surface area (Å²) < 4.78 is 11.6. The molecule has 0 aromatic carbocycles. The lowest BCUT2D eigenvalue weighted by molar-refractivity contribution is -0.147. The molecule has 1 aliphatic heterocycles. The standard InChI is InChI=1S/C20H29NO5S/c22-8-3-4-9-25-19-12-15(14-7-10-27-13-14)11-18(26-19)20(24)21-16-5-1-2-6-17(16)23/h7,10-11,13,15-17,19,22-23H,1-6,8-9,12H2,(H,21,24)/t15-,16+,17+,19+/m0/s1. The van der Waals surface area contributed by atoms with Crippen molar-refractivity contribution in [3.63, 3.8) is 0 Å². The number of hydrogen-bond donors (Lipinski definition) is 3. The molecule has 150 valence electrons. The highest BCUT2D eigenvalue weighted by atomic mass is 32.1. The number of aliphatic hydroxyl groups excluding tert-OH is 2. The van der Waals surface area contributed by atoms with Crippen LogP contribution in [0.2, 0.25) is 0 Å². The number of rotatable bonds is 8. The third kappa shape index (κ3) is 5.78. The van der Waals surface area contributed by atoms with Crippen LogP contribution >= 0.6 is 11.3 Å². The van der Waals surface area contributed by atoms with Crippen LogP contribution in [0.25, 0.3) is 0 Å². The molecule has 0 radical (unpaired) electrons. The second kappa shape index (κ2) is 10.2. The van der Waals surface area contributed by atoms with Gasteiger partial charge in [0, 0.05) is 18.9 Å². The van der Waals surface area contributed by atoms with Gasteiger partial charge in [0.2, 0.25) is 6.29 Å². The van der Waals surface area contributed by atoms with Gasteiger partial charge in [-0.3, -0.25) is 4.79 Å². The van der Waals surface area contributed by atoms with Crippen molar-refractivity contribution < 1.29 is 24.5 Å². The average Bonchev–Trinajstić information content (AvgIpc) is 3.22. The van der Waals surface area contributed by atoms with Crippen molar-refractivity contribution in [3.05, 3.63) is 34.2 Å². The molecule has 1 aromatic rings. The molecular weight excluding hydrogens is 366 g/mol. The molecule has 0 spiro atoms. The third-order valence-electron chi connectivity index (χ3n) is 5.15. The first-order valence-corrected chi connectivity index (χ1v) is 10.7. The molecule has 4 atom stereocenters. The fraction of sp³-hybridized carbons (Fsp3) is 0.650. The normalized spacial score (nSPS) is 28.3. The zero-order valence-electron chi connectivity index (χ0n) is 15.5. The van der Waals surface area contributed by atoms with Crippen LogP contribution in [0.1, 0.15) is 56.4 Å². The van der Waals surface area contributed by atoms with Gasteiger partial charge in [-0.2, -0.15) is 11.3 Å². The largest absolute Gasteiger partial charge is 0.459 e. The van der Waals surface area contributed by atoms with E-state index in [0.29, 0.717) is 19.4 Å². The minimum absolute atomic E-state index is 0.0601. The van der Waals surface area contributed by atoms with E-state index in [1.165, 1.54) is 0 Å². The number of carbonyl (C=O) groups is 1. The maximum atomic E-state index is 12.7. The lowest BCUT2D eigenvalue weighted by atomic mass is 9.92. The summed E-state index contributed by atoms with van der Waals surface area (Å²) in [5.74, 6) is 0.0390. The number of thiophene rings is 1. The molecule has 1 aromatic heterocycles. The number of hydrogen-bond acceptors (Lipinski definition) is 6. The number of nitrogens with one attached hydrogen (secondary N) is 1. The van der Waals surface area contributed by atoms with Crippen LogP contribution in [0.4, 0.5) is 0 Å². The van der Waals surface area contributed by atoms with E-state index >= 15 is 0 Å². The Morgan fingerprint density at radius 2 is 2.19 bits per heavy atom. The van der Waals surface area contributed by atoms with Crippen molar-refractivity contribution >= 4 is 17.2 Å². The van der Waals surface area contributed by atoms with Crippen molar-refractivity contribution in [2.45, 2.75) is 69.3 Å². The number of carbonyl (C=O) groups excluding carboxylic acids is 1. The Morgan fingerprint density at radius 3 is 2.93 bits per heavy atom. The Morgan fingerprint density at radius 1 is 1.33 bits per heavy atom. The number of ether oxygens (including phenoxy) is 2. The summed E-state index contributed by atoms with van der Waals surface area (Å²) in [5.41, 5.74) is 1.15. The molecular formula is C20H29NO5S. The summed E-state index contributed by atoms with van der Waals surface area (Å²) in [6, 6.07) is 1.83. The smallest absolute Gasteiger partial charge is 0.286 e. The summed E-state index contributed by atoms with van der Waals surface area (Å²) >= 11 is 1.63. The molecule has 6 nitrogen and oxygen atoms in total. The van der Waals surface area contributed by atoms with Gasteiger partial charge in [-0.15, -0.1) is 0 Å². The zero-order chi connectivity index (χ0) is 19.1. The van der Waals surface area contributed by atoms with Crippen LogP contribution in [0.5, 0.6) is 0 Å². The van der Waals surface area contributed by atoms with Crippen LogP contribution in [-0.4, -0.2) is 47.8 Å². The van der Waals surface area contributed by atoms with E-state index in [4.69, 9.17) is 14.6 Å². The van der Waals surface area contributed by atoms with Gasteiger partial charge < -0.3 is 25.0 Å². The molecule has 0 saturated heterocycles. The monoisotopic (exact) mass is 395 g/mol. The van der Waals surface area contributed by atoms with E-state index in [0.717, 1.165) is 37.7 Å². The molecule has 2 heterocycles. The Balaban J connectivity index is 1.65. The SMILES string of the molecule is O=C(N[C@@H]1CCCC[C@H]1O)C1=C[C@H](c2ccsc2)C[C@H](OCCCCO)O1. The van der Waals surface area contributed by atoms with Crippen molar-refractivity contribution in [2.24, 2.45) is 0 Å². The van der Waals surface area contributed by atoms with E-state index in [-0.39, 0.29) is 30.2 Å². The molecule has 1 fully saturated rings. The van der Waals surface area contributed by atoms with Crippen molar-refractivity contribution in [3.8, 4) is 0 Å². The number of amides is 1. The molecule has 3 N–H and O–H groups in total. The van der Waals surface area contributed by atoms with Gasteiger partial charge in [-0.1, -0.05) is 12.8 Å². The fourth-order valence-electron chi connectivity index (χ4n) is 3.58. The summed E-state index contributed by atoms with van der Waals surface area (Å²) in [6.45, 7) is 0.626. The molecule has 3 rings (SSSR count).